The largest absolute Gasteiger partial charge is 0.497 e. The molecule has 160 valence electrons. The van der Waals surface area contributed by atoms with Gasteiger partial charge in [-0.05, 0) is 61.6 Å². The summed E-state index contributed by atoms with van der Waals surface area (Å²) in [6.07, 6.45) is 4.09. The van der Waals surface area contributed by atoms with Gasteiger partial charge in [-0.15, -0.1) is 0 Å². The van der Waals surface area contributed by atoms with Crippen LogP contribution in [0.15, 0.2) is 66.7 Å². The smallest absolute Gasteiger partial charge is 0.223 e. The third-order valence-electron chi connectivity index (χ3n) is 6.04. The SMILES string of the molecule is COc1ccc(CCC(=O)N2CCC[C@@H]2c2cccc(Cc3ccc(C)cc3)n2)cc1. The number of carbonyl (C=O) groups is 1. The first-order chi connectivity index (χ1) is 15.1. The van der Waals surface area contributed by atoms with Crippen LogP contribution in [0.25, 0.3) is 0 Å². The van der Waals surface area contributed by atoms with Gasteiger partial charge in [-0.2, -0.15) is 0 Å². The van der Waals surface area contributed by atoms with Crippen molar-refractivity contribution in [3.8, 4) is 5.75 Å². The summed E-state index contributed by atoms with van der Waals surface area (Å²) in [5, 5.41) is 0. The molecule has 4 rings (SSSR count). The molecule has 1 fully saturated rings. The quantitative estimate of drug-likeness (QED) is 0.528. The van der Waals surface area contributed by atoms with Crippen LogP contribution in [-0.4, -0.2) is 29.4 Å². The van der Waals surface area contributed by atoms with Gasteiger partial charge >= 0.3 is 0 Å². The lowest BCUT2D eigenvalue weighted by Gasteiger charge is -2.25. The minimum absolute atomic E-state index is 0.0846. The molecule has 1 atom stereocenters. The Kier molecular flexibility index (Phi) is 6.66. The van der Waals surface area contributed by atoms with Crippen LogP contribution < -0.4 is 4.74 Å². The maximum absolute atomic E-state index is 13.0. The van der Waals surface area contributed by atoms with Gasteiger partial charge in [0.25, 0.3) is 0 Å². The van der Waals surface area contributed by atoms with E-state index in [0.29, 0.717) is 6.42 Å². The highest BCUT2D eigenvalue weighted by atomic mass is 16.5. The van der Waals surface area contributed by atoms with Crippen molar-refractivity contribution < 1.29 is 9.53 Å². The molecule has 1 amide bonds. The monoisotopic (exact) mass is 414 g/mol. The number of aryl methyl sites for hydroxylation is 2. The van der Waals surface area contributed by atoms with Gasteiger partial charge in [0.1, 0.15) is 5.75 Å². The lowest BCUT2D eigenvalue weighted by atomic mass is 10.1. The summed E-state index contributed by atoms with van der Waals surface area (Å²) in [7, 11) is 1.66. The Morgan fingerprint density at radius 2 is 1.77 bits per heavy atom. The highest BCUT2D eigenvalue weighted by Crippen LogP contribution is 2.32. The molecular weight excluding hydrogens is 384 g/mol. The molecule has 0 bridgehead atoms. The number of pyridine rings is 1. The van der Waals surface area contributed by atoms with Crippen molar-refractivity contribution in [2.45, 2.75) is 45.1 Å². The van der Waals surface area contributed by atoms with Crippen LogP contribution in [0.2, 0.25) is 0 Å². The van der Waals surface area contributed by atoms with Crippen molar-refractivity contribution in [1.29, 1.82) is 0 Å². The number of hydrogen-bond donors (Lipinski definition) is 0. The van der Waals surface area contributed by atoms with Gasteiger partial charge in [0.05, 0.1) is 18.8 Å². The molecule has 3 aromatic rings. The highest BCUT2D eigenvalue weighted by molar-refractivity contribution is 5.77. The molecular formula is C27H30N2O2. The fourth-order valence-corrected chi connectivity index (χ4v) is 4.26. The van der Waals surface area contributed by atoms with Crippen molar-refractivity contribution >= 4 is 5.91 Å². The Bertz CT molecular complexity index is 1010. The Labute approximate surface area is 184 Å². The average Bonchev–Trinajstić information content (AvgIpc) is 3.30. The predicted molar refractivity (Wildman–Crippen MR) is 123 cm³/mol. The van der Waals surface area contributed by atoms with E-state index >= 15 is 0 Å². The third-order valence-corrected chi connectivity index (χ3v) is 6.04. The normalized spacial score (nSPS) is 15.8. The van der Waals surface area contributed by atoms with E-state index in [0.717, 1.165) is 54.9 Å². The Morgan fingerprint density at radius 3 is 2.52 bits per heavy atom. The lowest BCUT2D eigenvalue weighted by Crippen LogP contribution is -2.31. The molecule has 4 nitrogen and oxygen atoms in total. The van der Waals surface area contributed by atoms with Gasteiger partial charge in [-0.3, -0.25) is 9.78 Å². The molecule has 2 heterocycles. The summed E-state index contributed by atoms with van der Waals surface area (Å²) in [6, 6.07) is 22.9. The van der Waals surface area contributed by atoms with E-state index in [2.05, 4.69) is 49.4 Å². The maximum atomic E-state index is 13.0. The number of benzene rings is 2. The lowest BCUT2D eigenvalue weighted by molar-refractivity contribution is -0.132. The second-order valence-corrected chi connectivity index (χ2v) is 8.31. The number of aromatic nitrogens is 1. The minimum Gasteiger partial charge on any atom is -0.497 e. The molecule has 1 aliphatic heterocycles. The predicted octanol–water partition coefficient (Wildman–Crippen LogP) is 5.29. The van der Waals surface area contributed by atoms with Gasteiger partial charge in [-0.25, -0.2) is 0 Å². The van der Waals surface area contributed by atoms with E-state index in [9.17, 15) is 4.79 Å². The fourth-order valence-electron chi connectivity index (χ4n) is 4.26. The summed E-state index contributed by atoms with van der Waals surface area (Å²) in [5.41, 5.74) is 5.75. The molecule has 1 aliphatic rings. The zero-order valence-corrected chi connectivity index (χ0v) is 18.4. The number of hydrogen-bond acceptors (Lipinski definition) is 3. The second kappa shape index (κ2) is 9.78. The molecule has 31 heavy (non-hydrogen) atoms. The Morgan fingerprint density at radius 1 is 1.03 bits per heavy atom. The molecule has 0 saturated carbocycles. The van der Waals surface area contributed by atoms with E-state index < -0.39 is 0 Å². The summed E-state index contributed by atoms with van der Waals surface area (Å²) >= 11 is 0. The number of methoxy groups -OCH3 is 1. The van der Waals surface area contributed by atoms with Crippen molar-refractivity contribution in [2.75, 3.05) is 13.7 Å². The Hall–Kier alpha value is -3.14. The van der Waals surface area contributed by atoms with E-state index in [1.54, 1.807) is 7.11 Å². The topological polar surface area (TPSA) is 42.4 Å². The molecule has 1 saturated heterocycles. The standard InChI is InChI=1S/C27H30N2O2/c1-20-8-10-22(11-9-20)19-23-5-3-6-25(28-23)26-7-4-18-29(26)27(30)17-14-21-12-15-24(31-2)16-13-21/h3,5-6,8-13,15-16,26H,4,7,14,17-19H2,1-2H3/t26-/m1/s1. The number of likely N-dealkylation sites (tertiary alicyclic amines) is 1. The van der Waals surface area contributed by atoms with Gasteiger partial charge in [0.2, 0.25) is 5.91 Å². The van der Waals surface area contributed by atoms with E-state index in [4.69, 9.17) is 9.72 Å². The molecule has 0 aliphatic carbocycles. The zero-order chi connectivity index (χ0) is 21.6. The highest BCUT2D eigenvalue weighted by Gasteiger charge is 2.30. The average molecular weight is 415 g/mol. The van der Waals surface area contributed by atoms with Gasteiger partial charge in [-0.1, -0.05) is 48.0 Å². The molecule has 4 heteroatoms. The first-order valence-corrected chi connectivity index (χ1v) is 11.1. The van der Waals surface area contributed by atoms with E-state index in [1.165, 1.54) is 11.1 Å². The first kappa shape index (κ1) is 21.1. The van der Waals surface area contributed by atoms with Crippen LogP contribution in [0.4, 0.5) is 0 Å². The van der Waals surface area contributed by atoms with Crippen LogP contribution in [0.3, 0.4) is 0 Å². The zero-order valence-electron chi connectivity index (χ0n) is 18.4. The van der Waals surface area contributed by atoms with Crippen molar-refractivity contribution in [3.63, 3.8) is 0 Å². The van der Waals surface area contributed by atoms with Crippen molar-refractivity contribution in [3.05, 3.63) is 94.8 Å². The van der Waals surface area contributed by atoms with Crippen LogP contribution in [0, 0.1) is 6.92 Å². The minimum atomic E-state index is 0.0846. The molecule has 0 unspecified atom stereocenters. The van der Waals surface area contributed by atoms with Gasteiger partial charge in [0.15, 0.2) is 0 Å². The summed E-state index contributed by atoms with van der Waals surface area (Å²) in [6.45, 7) is 2.92. The van der Waals surface area contributed by atoms with Crippen molar-refractivity contribution in [1.82, 2.24) is 9.88 Å². The van der Waals surface area contributed by atoms with Crippen LogP contribution in [-0.2, 0) is 17.6 Å². The summed E-state index contributed by atoms with van der Waals surface area (Å²) in [5.74, 6) is 1.05. The number of amides is 1. The third kappa shape index (κ3) is 5.32. The maximum Gasteiger partial charge on any atom is 0.223 e. The molecule has 0 radical (unpaired) electrons. The second-order valence-electron chi connectivity index (χ2n) is 8.31. The van der Waals surface area contributed by atoms with Gasteiger partial charge < -0.3 is 9.64 Å². The first-order valence-electron chi connectivity index (χ1n) is 11.1. The molecule has 0 N–H and O–H groups in total. The number of rotatable bonds is 7. The van der Waals surface area contributed by atoms with E-state index in [1.807, 2.05) is 29.2 Å². The van der Waals surface area contributed by atoms with Gasteiger partial charge in [0, 0.05) is 25.1 Å². The summed E-state index contributed by atoms with van der Waals surface area (Å²) < 4.78 is 5.21. The molecule has 2 aromatic carbocycles. The van der Waals surface area contributed by atoms with Crippen LogP contribution in [0.1, 0.15) is 53.4 Å². The Balaban J connectivity index is 1.41. The fraction of sp³-hybridized carbons (Fsp3) is 0.333. The number of nitrogens with zero attached hydrogens (tertiary/aromatic N) is 2. The van der Waals surface area contributed by atoms with E-state index in [-0.39, 0.29) is 11.9 Å². The number of carbonyl (C=O) groups excluding carboxylic acids is 1. The van der Waals surface area contributed by atoms with Crippen LogP contribution >= 0.6 is 0 Å². The van der Waals surface area contributed by atoms with Crippen LogP contribution in [0.5, 0.6) is 5.75 Å². The summed E-state index contributed by atoms with van der Waals surface area (Å²) in [4.78, 5) is 20.0. The molecule has 1 aromatic heterocycles. The number of ether oxygens (including phenoxy) is 1. The van der Waals surface area contributed by atoms with Crippen molar-refractivity contribution in [2.24, 2.45) is 0 Å². The molecule has 0 spiro atoms.